The number of hydrogen-bond acceptors (Lipinski definition) is 9. The molecule has 0 aliphatic rings. The first kappa shape index (κ1) is 24.9. The zero-order valence-electron chi connectivity index (χ0n) is 16.8. The van der Waals surface area contributed by atoms with Gasteiger partial charge in [0.15, 0.2) is 0 Å². The molecule has 11 nitrogen and oxygen atoms in total. The van der Waals surface area contributed by atoms with Crippen molar-refractivity contribution in [2.24, 2.45) is 26.2 Å². The van der Waals surface area contributed by atoms with Gasteiger partial charge < -0.3 is 17.2 Å². The molecule has 3 rings (SSSR count). The minimum absolute atomic E-state index is 0.0171. The van der Waals surface area contributed by atoms with E-state index in [2.05, 4.69) is 10.2 Å². The zero-order valence-corrected chi connectivity index (χ0v) is 18.4. The van der Waals surface area contributed by atoms with Crippen LogP contribution in [0.4, 0.5) is 22.7 Å². The summed E-state index contributed by atoms with van der Waals surface area (Å²) >= 11 is 0. The maximum atomic E-state index is 11.1. The number of anilines is 2. The molecule has 0 saturated carbocycles. The van der Waals surface area contributed by atoms with Crippen LogP contribution in [0.25, 0.3) is 0 Å². The molecule has 0 fully saturated rings. The highest BCUT2D eigenvalue weighted by Gasteiger charge is 2.07. The SMILES string of the molecule is NCc1ccc(S(N)(=O)=O)cc1.Nc1ccc(N=Nc2ccc(S(N)(=O)=O)cc2)c(N)c1. The highest BCUT2D eigenvalue weighted by atomic mass is 32.2. The highest BCUT2D eigenvalue weighted by Crippen LogP contribution is 2.26. The Morgan fingerprint density at radius 2 is 1.19 bits per heavy atom. The van der Waals surface area contributed by atoms with Gasteiger partial charge in [-0.05, 0) is 60.2 Å². The van der Waals surface area contributed by atoms with E-state index in [1.807, 2.05) is 0 Å². The van der Waals surface area contributed by atoms with Gasteiger partial charge in [0.2, 0.25) is 20.0 Å². The molecule has 0 spiro atoms. The lowest BCUT2D eigenvalue weighted by Gasteiger charge is -2.00. The highest BCUT2D eigenvalue weighted by molar-refractivity contribution is 7.89. The van der Waals surface area contributed by atoms with Crippen LogP contribution in [0.15, 0.2) is 86.7 Å². The normalized spacial score (nSPS) is 11.7. The molecule has 0 aliphatic carbocycles. The van der Waals surface area contributed by atoms with E-state index in [-0.39, 0.29) is 9.79 Å². The van der Waals surface area contributed by atoms with Crippen LogP contribution >= 0.6 is 0 Å². The van der Waals surface area contributed by atoms with Gasteiger partial charge in [0.1, 0.15) is 5.69 Å². The minimum Gasteiger partial charge on any atom is -0.399 e. The summed E-state index contributed by atoms with van der Waals surface area (Å²) in [4.78, 5) is 0.128. The van der Waals surface area contributed by atoms with Gasteiger partial charge in [-0.15, -0.1) is 5.11 Å². The van der Waals surface area contributed by atoms with Crippen molar-refractivity contribution in [1.82, 2.24) is 0 Å². The molecule has 13 heteroatoms. The van der Waals surface area contributed by atoms with Crippen molar-refractivity contribution in [3.05, 3.63) is 72.3 Å². The van der Waals surface area contributed by atoms with Gasteiger partial charge in [0.25, 0.3) is 0 Å². The molecule has 0 unspecified atom stereocenters. The average Bonchev–Trinajstić information content (AvgIpc) is 2.73. The van der Waals surface area contributed by atoms with Gasteiger partial charge in [-0.25, -0.2) is 27.1 Å². The Morgan fingerprint density at radius 1 is 0.688 bits per heavy atom. The second kappa shape index (κ2) is 10.3. The van der Waals surface area contributed by atoms with Crippen molar-refractivity contribution < 1.29 is 16.8 Å². The smallest absolute Gasteiger partial charge is 0.238 e. The monoisotopic (exact) mass is 477 g/mol. The van der Waals surface area contributed by atoms with E-state index >= 15 is 0 Å². The Morgan fingerprint density at radius 3 is 1.62 bits per heavy atom. The van der Waals surface area contributed by atoms with Crippen LogP contribution in [-0.2, 0) is 26.6 Å². The fraction of sp³-hybridized carbons (Fsp3) is 0.0526. The van der Waals surface area contributed by atoms with Gasteiger partial charge in [0, 0.05) is 12.2 Å². The Balaban J connectivity index is 0.000000258. The molecule has 170 valence electrons. The quantitative estimate of drug-likeness (QED) is 0.270. The first-order valence-corrected chi connectivity index (χ1v) is 12.0. The standard InChI is InChI=1S/C12H13N5O2S.C7H10N2O2S/c13-8-1-6-12(11(14)7-8)17-16-9-2-4-10(5-3-9)20(15,18)19;8-5-6-1-3-7(4-2-6)12(9,10)11/h1-7H,13-14H2,(H2,15,18,19);1-4H,5,8H2,(H2,9,10,11). The predicted octanol–water partition coefficient (Wildman–Crippen LogP) is 1.71. The number of hydrogen-bond donors (Lipinski definition) is 5. The Labute approximate surface area is 186 Å². The number of primary sulfonamides is 2. The van der Waals surface area contributed by atoms with Crippen LogP contribution in [0.3, 0.4) is 0 Å². The Bertz CT molecular complexity index is 1310. The van der Waals surface area contributed by atoms with Gasteiger partial charge >= 0.3 is 0 Å². The number of azo groups is 1. The summed E-state index contributed by atoms with van der Waals surface area (Å²) in [6, 6.07) is 16.8. The van der Waals surface area contributed by atoms with Crippen molar-refractivity contribution in [1.29, 1.82) is 0 Å². The largest absolute Gasteiger partial charge is 0.399 e. The van der Waals surface area contributed by atoms with Crippen LogP contribution in [0.5, 0.6) is 0 Å². The summed E-state index contributed by atoms with van der Waals surface area (Å²) in [6.07, 6.45) is 0. The van der Waals surface area contributed by atoms with Crippen molar-refractivity contribution in [2.75, 3.05) is 11.5 Å². The molecule has 0 heterocycles. The molecule has 3 aromatic rings. The number of rotatable bonds is 5. The van der Waals surface area contributed by atoms with Crippen LogP contribution in [0.1, 0.15) is 5.56 Å². The van der Waals surface area contributed by atoms with E-state index in [0.29, 0.717) is 29.3 Å². The van der Waals surface area contributed by atoms with E-state index in [1.54, 1.807) is 30.3 Å². The maximum Gasteiger partial charge on any atom is 0.238 e. The lowest BCUT2D eigenvalue weighted by atomic mass is 10.2. The van der Waals surface area contributed by atoms with Crippen molar-refractivity contribution in [3.8, 4) is 0 Å². The summed E-state index contributed by atoms with van der Waals surface area (Å²) in [5.41, 5.74) is 19.4. The molecular weight excluding hydrogens is 454 g/mol. The summed E-state index contributed by atoms with van der Waals surface area (Å²) < 4.78 is 43.7. The van der Waals surface area contributed by atoms with Crippen LogP contribution in [-0.4, -0.2) is 16.8 Å². The van der Waals surface area contributed by atoms with Crippen LogP contribution in [0, 0.1) is 0 Å². The lowest BCUT2D eigenvalue weighted by Crippen LogP contribution is -2.12. The van der Waals surface area contributed by atoms with E-state index in [1.165, 1.54) is 36.4 Å². The number of sulfonamides is 2. The van der Waals surface area contributed by atoms with Crippen molar-refractivity contribution in [3.63, 3.8) is 0 Å². The predicted molar refractivity (Wildman–Crippen MR) is 123 cm³/mol. The van der Waals surface area contributed by atoms with Gasteiger partial charge in [-0.2, -0.15) is 5.11 Å². The molecule has 0 amide bonds. The second-order valence-corrected chi connectivity index (χ2v) is 9.57. The first-order valence-electron chi connectivity index (χ1n) is 8.91. The first-order chi connectivity index (χ1) is 14.9. The Kier molecular flexibility index (Phi) is 8.02. The summed E-state index contributed by atoms with van der Waals surface area (Å²) in [6.45, 7) is 0.394. The minimum atomic E-state index is -3.70. The van der Waals surface area contributed by atoms with E-state index in [9.17, 15) is 16.8 Å². The van der Waals surface area contributed by atoms with Crippen LogP contribution in [0.2, 0.25) is 0 Å². The number of nitrogens with two attached hydrogens (primary N) is 5. The van der Waals surface area contributed by atoms with E-state index in [0.717, 1.165) is 5.56 Å². The third-order valence-corrected chi connectivity index (χ3v) is 5.84. The summed E-state index contributed by atoms with van der Waals surface area (Å²) in [5.74, 6) is 0. The number of benzene rings is 3. The molecule has 0 bridgehead atoms. The van der Waals surface area contributed by atoms with E-state index < -0.39 is 20.0 Å². The van der Waals surface area contributed by atoms with Gasteiger partial charge in [0.05, 0.1) is 21.2 Å². The second-order valence-electron chi connectivity index (χ2n) is 6.45. The fourth-order valence-corrected chi connectivity index (χ4v) is 3.32. The van der Waals surface area contributed by atoms with E-state index in [4.69, 9.17) is 27.5 Å². The molecular formula is C19H23N7O4S2. The molecule has 0 aliphatic heterocycles. The molecule has 10 N–H and O–H groups in total. The van der Waals surface area contributed by atoms with Crippen molar-refractivity contribution in [2.45, 2.75) is 16.3 Å². The number of nitrogen functional groups attached to an aromatic ring is 2. The third kappa shape index (κ3) is 7.40. The molecule has 3 aromatic carbocycles. The van der Waals surface area contributed by atoms with Crippen molar-refractivity contribution >= 4 is 42.8 Å². The molecule has 0 aromatic heterocycles. The third-order valence-electron chi connectivity index (χ3n) is 3.98. The molecule has 0 radical (unpaired) electrons. The zero-order chi connectivity index (χ0) is 23.9. The van der Waals surface area contributed by atoms with Gasteiger partial charge in [-0.1, -0.05) is 12.1 Å². The summed E-state index contributed by atoms with van der Waals surface area (Å²) in [5, 5.41) is 17.8. The maximum absolute atomic E-state index is 11.1. The average molecular weight is 478 g/mol. The lowest BCUT2D eigenvalue weighted by molar-refractivity contribution is 0.596. The fourth-order valence-electron chi connectivity index (χ4n) is 2.29. The molecule has 0 saturated heterocycles. The van der Waals surface area contributed by atoms with Crippen LogP contribution < -0.4 is 27.5 Å². The summed E-state index contributed by atoms with van der Waals surface area (Å²) in [7, 11) is -7.27. The Hall–Kier alpha value is -3.36. The van der Waals surface area contributed by atoms with Gasteiger partial charge in [-0.3, -0.25) is 0 Å². The number of nitrogens with zero attached hydrogens (tertiary/aromatic N) is 2. The topological polar surface area (TPSA) is 223 Å². The molecule has 32 heavy (non-hydrogen) atoms. The molecule has 0 atom stereocenters.